The number of benzene rings is 2. The van der Waals surface area contributed by atoms with Crippen LogP contribution in [0.25, 0.3) is 0 Å². The van der Waals surface area contributed by atoms with Gasteiger partial charge >= 0.3 is 0 Å². The molecule has 0 atom stereocenters. The van der Waals surface area contributed by atoms with Crippen molar-refractivity contribution in [2.45, 2.75) is 6.92 Å². The third kappa shape index (κ3) is 4.36. The molecule has 0 saturated carbocycles. The van der Waals surface area contributed by atoms with Crippen LogP contribution in [-0.2, 0) is 0 Å². The van der Waals surface area contributed by atoms with Crippen molar-refractivity contribution in [2.75, 3.05) is 29.6 Å². The van der Waals surface area contributed by atoms with Gasteiger partial charge in [-0.25, -0.2) is 0 Å². The Morgan fingerprint density at radius 1 is 0.960 bits per heavy atom. The minimum atomic E-state index is 0.398. The van der Waals surface area contributed by atoms with Crippen molar-refractivity contribution >= 4 is 40.4 Å². The van der Waals surface area contributed by atoms with E-state index < -0.39 is 0 Å². The van der Waals surface area contributed by atoms with Gasteiger partial charge in [-0.15, -0.1) is 5.10 Å². The number of aryl methyl sites for hydroxylation is 1. The second kappa shape index (κ2) is 7.36. The van der Waals surface area contributed by atoms with Gasteiger partial charge in [0.1, 0.15) is 0 Å². The second-order valence-corrected chi connectivity index (χ2v) is 6.23. The molecule has 3 rings (SSSR count). The third-order valence-electron chi connectivity index (χ3n) is 3.64. The van der Waals surface area contributed by atoms with Crippen LogP contribution in [-0.4, -0.2) is 29.3 Å². The van der Waals surface area contributed by atoms with E-state index in [0.29, 0.717) is 16.8 Å². The summed E-state index contributed by atoms with van der Waals surface area (Å²) in [6, 6.07) is 13.7. The van der Waals surface area contributed by atoms with Gasteiger partial charge in [0.15, 0.2) is 5.82 Å². The summed E-state index contributed by atoms with van der Waals surface area (Å²) in [6.07, 6.45) is 1.58. The number of halogens is 1. The Morgan fingerprint density at radius 2 is 1.68 bits per heavy atom. The quantitative estimate of drug-likeness (QED) is 0.708. The molecule has 25 heavy (non-hydrogen) atoms. The van der Waals surface area contributed by atoms with E-state index in [4.69, 9.17) is 11.6 Å². The lowest BCUT2D eigenvalue weighted by molar-refractivity contribution is 0.982. The number of hydrogen-bond donors (Lipinski definition) is 2. The van der Waals surface area contributed by atoms with Gasteiger partial charge in [0, 0.05) is 36.2 Å². The molecule has 0 fully saturated rings. The molecule has 0 radical (unpaired) electrons. The Bertz CT molecular complexity index is 864. The van der Waals surface area contributed by atoms with Gasteiger partial charge in [0.2, 0.25) is 5.95 Å². The Morgan fingerprint density at radius 3 is 2.36 bits per heavy atom. The van der Waals surface area contributed by atoms with E-state index in [1.165, 1.54) is 0 Å². The number of nitrogens with zero attached hydrogens (tertiary/aromatic N) is 4. The van der Waals surface area contributed by atoms with E-state index in [0.717, 1.165) is 22.6 Å². The number of rotatable bonds is 5. The zero-order valence-electron chi connectivity index (χ0n) is 14.3. The standard InChI is InChI=1S/C18H19ClN6/c1-12-4-5-14(10-16(12)19)22-18-23-17(11-20-24-18)21-13-6-8-15(9-7-13)25(2)3/h4-11H,1-3H3,(H2,21,22,23,24). The molecular formula is C18H19ClN6. The molecule has 0 aliphatic carbocycles. The fourth-order valence-electron chi connectivity index (χ4n) is 2.21. The van der Waals surface area contributed by atoms with Gasteiger partial charge in [-0.2, -0.15) is 10.1 Å². The van der Waals surface area contributed by atoms with Crippen molar-refractivity contribution in [3.8, 4) is 0 Å². The van der Waals surface area contributed by atoms with Crippen molar-refractivity contribution in [3.05, 3.63) is 59.2 Å². The zero-order chi connectivity index (χ0) is 17.8. The van der Waals surface area contributed by atoms with Crippen molar-refractivity contribution < 1.29 is 0 Å². The number of anilines is 5. The molecule has 2 aromatic carbocycles. The molecule has 0 aliphatic heterocycles. The fourth-order valence-corrected chi connectivity index (χ4v) is 2.39. The van der Waals surface area contributed by atoms with Crippen molar-refractivity contribution in [1.29, 1.82) is 0 Å². The molecule has 1 heterocycles. The monoisotopic (exact) mass is 354 g/mol. The molecule has 0 spiro atoms. The topological polar surface area (TPSA) is 66.0 Å². The zero-order valence-corrected chi connectivity index (χ0v) is 15.0. The molecule has 3 aromatic rings. The summed E-state index contributed by atoms with van der Waals surface area (Å²) in [5.41, 5.74) is 3.88. The van der Waals surface area contributed by atoms with Crippen molar-refractivity contribution in [3.63, 3.8) is 0 Å². The van der Waals surface area contributed by atoms with Gasteiger partial charge in [-0.05, 0) is 48.9 Å². The minimum absolute atomic E-state index is 0.398. The number of aromatic nitrogens is 3. The first-order chi connectivity index (χ1) is 12.0. The Balaban J connectivity index is 1.73. The van der Waals surface area contributed by atoms with E-state index in [-0.39, 0.29) is 0 Å². The summed E-state index contributed by atoms with van der Waals surface area (Å²) < 4.78 is 0. The molecule has 128 valence electrons. The summed E-state index contributed by atoms with van der Waals surface area (Å²) in [5, 5.41) is 15.0. The summed E-state index contributed by atoms with van der Waals surface area (Å²) >= 11 is 6.14. The van der Waals surface area contributed by atoms with Crippen LogP contribution in [0, 0.1) is 6.92 Å². The smallest absolute Gasteiger partial charge is 0.249 e. The van der Waals surface area contributed by atoms with Crippen LogP contribution in [0.3, 0.4) is 0 Å². The van der Waals surface area contributed by atoms with Gasteiger partial charge < -0.3 is 15.5 Å². The summed E-state index contributed by atoms with van der Waals surface area (Å²) in [7, 11) is 4.01. The predicted molar refractivity (Wildman–Crippen MR) is 103 cm³/mol. The van der Waals surface area contributed by atoms with E-state index >= 15 is 0 Å². The summed E-state index contributed by atoms with van der Waals surface area (Å²) in [4.78, 5) is 6.47. The SMILES string of the molecule is Cc1ccc(Nc2nncc(Nc3ccc(N(C)C)cc3)n2)cc1Cl. The van der Waals surface area contributed by atoms with E-state index in [9.17, 15) is 0 Å². The first-order valence-corrected chi connectivity index (χ1v) is 8.16. The molecule has 2 N–H and O–H groups in total. The molecule has 0 aliphatic rings. The molecule has 6 nitrogen and oxygen atoms in total. The highest BCUT2D eigenvalue weighted by Gasteiger charge is 2.04. The average molecular weight is 355 g/mol. The van der Waals surface area contributed by atoms with Crippen molar-refractivity contribution in [1.82, 2.24) is 15.2 Å². The molecule has 0 saturated heterocycles. The van der Waals surface area contributed by atoms with Crippen LogP contribution in [0.2, 0.25) is 5.02 Å². The highest BCUT2D eigenvalue weighted by atomic mass is 35.5. The van der Waals surface area contributed by atoms with Crippen LogP contribution >= 0.6 is 11.6 Å². The van der Waals surface area contributed by atoms with Crippen LogP contribution in [0.15, 0.2) is 48.7 Å². The lowest BCUT2D eigenvalue weighted by Gasteiger charge is -2.13. The molecule has 1 aromatic heterocycles. The Labute approximate surface area is 151 Å². The van der Waals surface area contributed by atoms with Gasteiger partial charge in [0.05, 0.1) is 6.20 Å². The molecular weight excluding hydrogens is 336 g/mol. The van der Waals surface area contributed by atoms with Gasteiger partial charge in [-0.3, -0.25) is 0 Å². The lowest BCUT2D eigenvalue weighted by Crippen LogP contribution is -2.08. The Kier molecular flexibility index (Phi) is 5.00. The average Bonchev–Trinajstić information content (AvgIpc) is 2.59. The van der Waals surface area contributed by atoms with E-state index in [2.05, 4.69) is 25.8 Å². The fraction of sp³-hybridized carbons (Fsp3) is 0.167. The van der Waals surface area contributed by atoms with Gasteiger partial charge in [0.25, 0.3) is 0 Å². The van der Waals surface area contributed by atoms with Gasteiger partial charge in [-0.1, -0.05) is 17.7 Å². The van der Waals surface area contributed by atoms with Crippen molar-refractivity contribution in [2.24, 2.45) is 0 Å². The van der Waals surface area contributed by atoms with Crippen LogP contribution in [0.1, 0.15) is 5.56 Å². The second-order valence-electron chi connectivity index (χ2n) is 5.82. The van der Waals surface area contributed by atoms with Crippen LogP contribution in [0.5, 0.6) is 0 Å². The molecule has 0 bridgehead atoms. The summed E-state index contributed by atoms with van der Waals surface area (Å²) in [5.74, 6) is 1.00. The summed E-state index contributed by atoms with van der Waals surface area (Å²) in [6.45, 7) is 1.95. The van der Waals surface area contributed by atoms with Crippen LogP contribution in [0.4, 0.5) is 28.8 Å². The molecule has 0 amide bonds. The first-order valence-electron chi connectivity index (χ1n) is 7.78. The largest absolute Gasteiger partial charge is 0.378 e. The molecule has 0 unspecified atom stereocenters. The van der Waals surface area contributed by atoms with Crippen LogP contribution < -0.4 is 15.5 Å². The number of hydrogen-bond acceptors (Lipinski definition) is 6. The Hall–Kier alpha value is -2.86. The highest BCUT2D eigenvalue weighted by molar-refractivity contribution is 6.31. The maximum absolute atomic E-state index is 6.14. The highest BCUT2D eigenvalue weighted by Crippen LogP contribution is 2.23. The number of nitrogens with one attached hydrogen (secondary N) is 2. The minimum Gasteiger partial charge on any atom is -0.378 e. The van der Waals surface area contributed by atoms with E-state index in [1.807, 2.05) is 68.4 Å². The normalized spacial score (nSPS) is 10.4. The predicted octanol–water partition coefficient (Wildman–Crippen LogP) is 4.39. The maximum Gasteiger partial charge on any atom is 0.249 e. The molecule has 7 heteroatoms. The lowest BCUT2D eigenvalue weighted by atomic mass is 10.2. The van der Waals surface area contributed by atoms with E-state index in [1.54, 1.807) is 6.20 Å². The third-order valence-corrected chi connectivity index (χ3v) is 4.05. The first kappa shape index (κ1) is 17.0. The maximum atomic E-state index is 6.14.